The van der Waals surface area contributed by atoms with Crippen LogP contribution in [0.4, 0.5) is 4.39 Å². The third-order valence-corrected chi connectivity index (χ3v) is 4.12. The molecular weight excluding hydrogens is 297 g/mol. The highest BCUT2D eigenvalue weighted by atomic mass is 32.1. The lowest BCUT2D eigenvalue weighted by atomic mass is 10.1. The van der Waals surface area contributed by atoms with Crippen LogP contribution in [0.25, 0.3) is 12.2 Å². The second-order valence-electron chi connectivity index (χ2n) is 4.81. The molecule has 0 bridgehead atoms. The molecule has 0 radical (unpaired) electrons. The zero-order chi connectivity index (χ0) is 15.4. The molecule has 1 aromatic heterocycles. The molecule has 1 unspecified atom stereocenters. The van der Waals surface area contributed by atoms with Crippen LogP contribution in [0.15, 0.2) is 60.0 Å². The summed E-state index contributed by atoms with van der Waals surface area (Å²) >= 11 is 1.39. The van der Waals surface area contributed by atoms with Gasteiger partial charge in [-0.3, -0.25) is 0 Å². The monoisotopic (exact) mass is 311 g/mol. The van der Waals surface area contributed by atoms with Crippen LogP contribution in [0.2, 0.25) is 0 Å². The van der Waals surface area contributed by atoms with E-state index >= 15 is 0 Å². The summed E-state index contributed by atoms with van der Waals surface area (Å²) < 4.78 is 12.9. The first-order chi connectivity index (χ1) is 10.7. The zero-order valence-electron chi connectivity index (χ0n) is 11.7. The van der Waals surface area contributed by atoms with Gasteiger partial charge in [-0.1, -0.05) is 48.5 Å². The van der Waals surface area contributed by atoms with E-state index in [1.165, 1.54) is 23.5 Å². The summed E-state index contributed by atoms with van der Waals surface area (Å²) in [6, 6.07) is 15.8. The SMILES string of the molecule is OC(c1ccc(F)cc1)c1nc(/C=C/c2ccccc2)cs1. The number of aliphatic hydroxyl groups is 1. The minimum absolute atomic E-state index is 0.318. The summed E-state index contributed by atoms with van der Waals surface area (Å²) in [7, 11) is 0. The molecule has 0 fully saturated rings. The van der Waals surface area contributed by atoms with Gasteiger partial charge in [-0.15, -0.1) is 11.3 Å². The van der Waals surface area contributed by atoms with Crippen molar-refractivity contribution >= 4 is 23.5 Å². The molecule has 3 aromatic rings. The standard InChI is InChI=1S/C18H14FNOS/c19-15-9-7-14(8-10-15)17(21)18-20-16(12-22-18)11-6-13-4-2-1-3-5-13/h1-12,17,21H/b11-6+. The third kappa shape index (κ3) is 3.47. The van der Waals surface area contributed by atoms with E-state index in [0.29, 0.717) is 10.6 Å². The Kier molecular flexibility index (Phi) is 4.42. The van der Waals surface area contributed by atoms with Gasteiger partial charge >= 0.3 is 0 Å². The second kappa shape index (κ2) is 6.64. The minimum Gasteiger partial charge on any atom is -0.381 e. The van der Waals surface area contributed by atoms with E-state index in [1.807, 2.05) is 47.9 Å². The second-order valence-corrected chi connectivity index (χ2v) is 5.70. The molecule has 1 N–H and O–H groups in total. The van der Waals surface area contributed by atoms with Crippen LogP contribution in [0.5, 0.6) is 0 Å². The molecule has 1 atom stereocenters. The van der Waals surface area contributed by atoms with Gasteiger partial charge in [-0.2, -0.15) is 0 Å². The first-order valence-corrected chi connectivity index (χ1v) is 7.72. The molecule has 110 valence electrons. The van der Waals surface area contributed by atoms with E-state index in [2.05, 4.69) is 4.98 Å². The summed E-state index contributed by atoms with van der Waals surface area (Å²) in [4.78, 5) is 4.41. The van der Waals surface area contributed by atoms with Crippen molar-refractivity contribution in [3.05, 3.63) is 87.6 Å². The normalized spacial score (nSPS) is 12.6. The van der Waals surface area contributed by atoms with Crippen molar-refractivity contribution in [2.45, 2.75) is 6.10 Å². The molecular formula is C18H14FNOS. The molecule has 4 heteroatoms. The highest BCUT2D eigenvalue weighted by molar-refractivity contribution is 7.09. The molecule has 0 spiro atoms. The van der Waals surface area contributed by atoms with E-state index in [-0.39, 0.29) is 5.82 Å². The van der Waals surface area contributed by atoms with Gasteiger partial charge in [0.2, 0.25) is 0 Å². The van der Waals surface area contributed by atoms with E-state index in [0.717, 1.165) is 11.3 Å². The fourth-order valence-electron chi connectivity index (χ4n) is 2.04. The number of halogens is 1. The number of nitrogens with zero attached hydrogens (tertiary/aromatic N) is 1. The molecule has 1 heterocycles. The van der Waals surface area contributed by atoms with Crippen LogP contribution in [0.1, 0.15) is 27.9 Å². The van der Waals surface area contributed by atoms with Gasteiger partial charge in [0.1, 0.15) is 16.9 Å². The van der Waals surface area contributed by atoms with Crippen LogP contribution < -0.4 is 0 Å². The first kappa shape index (κ1) is 14.6. The summed E-state index contributed by atoms with van der Waals surface area (Å²) in [6.45, 7) is 0. The van der Waals surface area contributed by atoms with Gasteiger partial charge in [-0.05, 0) is 29.3 Å². The summed E-state index contributed by atoms with van der Waals surface area (Å²) in [5.41, 5.74) is 2.52. The van der Waals surface area contributed by atoms with E-state index in [9.17, 15) is 9.50 Å². The Bertz CT molecular complexity index is 765. The minimum atomic E-state index is -0.829. The Labute approximate surface area is 132 Å². The Morgan fingerprint density at radius 2 is 1.73 bits per heavy atom. The van der Waals surface area contributed by atoms with Gasteiger partial charge in [0.25, 0.3) is 0 Å². The van der Waals surface area contributed by atoms with Crippen LogP contribution in [-0.2, 0) is 0 Å². The van der Waals surface area contributed by atoms with Gasteiger partial charge < -0.3 is 5.11 Å². The van der Waals surface area contributed by atoms with Gasteiger partial charge in [-0.25, -0.2) is 9.37 Å². The molecule has 2 aromatic carbocycles. The lowest BCUT2D eigenvalue weighted by Crippen LogP contribution is -1.99. The van der Waals surface area contributed by atoms with Crippen molar-refractivity contribution < 1.29 is 9.50 Å². The maximum atomic E-state index is 12.9. The van der Waals surface area contributed by atoms with E-state index < -0.39 is 6.10 Å². The van der Waals surface area contributed by atoms with Crippen molar-refractivity contribution in [1.29, 1.82) is 0 Å². The quantitative estimate of drug-likeness (QED) is 0.767. The average molecular weight is 311 g/mol. The van der Waals surface area contributed by atoms with Gasteiger partial charge in [0.15, 0.2) is 0 Å². The maximum Gasteiger partial charge on any atom is 0.131 e. The van der Waals surface area contributed by atoms with Crippen LogP contribution in [0.3, 0.4) is 0 Å². The van der Waals surface area contributed by atoms with Crippen LogP contribution in [0, 0.1) is 5.82 Å². The van der Waals surface area contributed by atoms with Crippen molar-refractivity contribution in [1.82, 2.24) is 4.98 Å². The Balaban J connectivity index is 1.76. The fourth-order valence-corrected chi connectivity index (χ4v) is 2.83. The maximum absolute atomic E-state index is 12.9. The van der Waals surface area contributed by atoms with Gasteiger partial charge in [0.05, 0.1) is 5.69 Å². The lowest BCUT2D eigenvalue weighted by molar-refractivity contribution is 0.219. The predicted molar refractivity (Wildman–Crippen MR) is 87.9 cm³/mol. The fraction of sp³-hybridized carbons (Fsp3) is 0.0556. The number of thiazole rings is 1. The van der Waals surface area contributed by atoms with Crippen molar-refractivity contribution in [3.63, 3.8) is 0 Å². The molecule has 22 heavy (non-hydrogen) atoms. The number of aliphatic hydroxyl groups excluding tert-OH is 1. The molecule has 0 aliphatic rings. The third-order valence-electron chi connectivity index (χ3n) is 3.21. The molecule has 0 amide bonds. The highest BCUT2D eigenvalue weighted by Gasteiger charge is 2.14. The van der Waals surface area contributed by atoms with Gasteiger partial charge in [0, 0.05) is 5.38 Å². The summed E-state index contributed by atoms with van der Waals surface area (Å²) in [5.74, 6) is -0.318. The average Bonchev–Trinajstić information content (AvgIpc) is 3.03. The van der Waals surface area contributed by atoms with E-state index in [1.54, 1.807) is 12.1 Å². The number of rotatable bonds is 4. The molecule has 0 saturated heterocycles. The predicted octanol–water partition coefficient (Wildman–Crippen LogP) is 4.53. The summed E-state index contributed by atoms with van der Waals surface area (Å²) in [6.07, 6.45) is 3.06. The van der Waals surface area contributed by atoms with E-state index in [4.69, 9.17) is 0 Å². The van der Waals surface area contributed by atoms with Crippen molar-refractivity contribution in [2.24, 2.45) is 0 Å². The molecule has 0 aliphatic heterocycles. The molecule has 0 saturated carbocycles. The van der Waals surface area contributed by atoms with Crippen LogP contribution >= 0.6 is 11.3 Å². The number of benzene rings is 2. The smallest absolute Gasteiger partial charge is 0.131 e. The van der Waals surface area contributed by atoms with Crippen molar-refractivity contribution in [3.8, 4) is 0 Å². The Hall–Kier alpha value is -2.30. The molecule has 3 rings (SSSR count). The first-order valence-electron chi connectivity index (χ1n) is 6.84. The Morgan fingerprint density at radius 1 is 1.00 bits per heavy atom. The van der Waals surface area contributed by atoms with Crippen molar-refractivity contribution in [2.75, 3.05) is 0 Å². The lowest BCUT2D eigenvalue weighted by Gasteiger charge is -2.07. The highest BCUT2D eigenvalue weighted by Crippen LogP contribution is 2.25. The number of hydrogen-bond acceptors (Lipinski definition) is 3. The van der Waals surface area contributed by atoms with Crippen LogP contribution in [-0.4, -0.2) is 10.1 Å². The number of hydrogen-bond donors (Lipinski definition) is 1. The topological polar surface area (TPSA) is 33.1 Å². The number of aromatic nitrogens is 1. The largest absolute Gasteiger partial charge is 0.381 e. The zero-order valence-corrected chi connectivity index (χ0v) is 12.5. The molecule has 0 aliphatic carbocycles. The Morgan fingerprint density at radius 3 is 2.45 bits per heavy atom. The summed E-state index contributed by atoms with van der Waals surface area (Å²) in [5, 5.41) is 12.8. The molecule has 2 nitrogen and oxygen atoms in total.